The predicted molar refractivity (Wildman–Crippen MR) is 139 cm³/mol. The summed E-state index contributed by atoms with van der Waals surface area (Å²) < 4.78 is 1.69. The van der Waals surface area contributed by atoms with Crippen molar-refractivity contribution in [1.29, 1.82) is 0 Å². The first-order valence-electron chi connectivity index (χ1n) is 11.7. The van der Waals surface area contributed by atoms with Gasteiger partial charge in [0.05, 0.1) is 11.4 Å². The Bertz CT molecular complexity index is 1490. The van der Waals surface area contributed by atoms with E-state index in [0.29, 0.717) is 11.4 Å². The van der Waals surface area contributed by atoms with Gasteiger partial charge in [0.1, 0.15) is 15.4 Å². The van der Waals surface area contributed by atoms with Crippen molar-refractivity contribution in [3.63, 3.8) is 0 Å². The molecule has 2 aromatic carbocycles. The molecule has 8 heteroatoms. The van der Waals surface area contributed by atoms with Gasteiger partial charge < -0.3 is 5.32 Å². The molecule has 7 nitrogen and oxygen atoms in total. The topological polar surface area (TPSA) is 75.9 Å². The summed E-state index contributed by atoms with van der Waals surface area (Å²) >= 11 is 1.53. The van der Waals surface area contributed by atoms with Gasteiger partial charge in [0.25, 0.3) is 5.91 Å². The molecule has 0 aliphatic carbocycles. The Morgan fingerprint density at radius 2 is 1.80 bits per heavy atom. The highest BCUT2D eigenvalue weighted by Gasteiger charge is 2.17. The summed E-state index contributed by atoms with van der Waals surface area (Å²) in [6, 6.07) is 21.3. The van der Waals surface area contributed by atoms with E-state index in [1.165, 1.54) is 29.7 Å². The molecule has 1 N–H and O–H groups in total. The molecule has 1 amide bonds. The van der Waals surface area contributed by atoms with Crippen molar-refractivity contribution in [2.75, 3.05) is 18.4 Å². The van der Waals surface area contributed by atoms with Gasteiger partial charge in [-0.25, -0.2) is 14.6 Å². The third-order valence-electron chi connectivity index (χ3n) is 6.16. The quantitative estimate of drug-likeness (QED) is 0.353. The first-order chi connectivity index (χ1) is 17.2. The number of hydrogen-bond acceptors (Lipinski definition) is 6. The van der Waals surface area contributed by atoms with E-state index < -0.39 is 0 Å². The van der Waals surface area contributed by atoms with Crippen molar-refractivity contribution in [2.24, 2.45) is 0 Å². The lowest BCUT2D eigenvalue weighted by Crippen LogP contribution is -2.18. The van der Waals surface area contributed by atoms with Gasteiger partial charge in [-0.15, -0.1) is 0 Å². The largest absolute Gasteiger partial charge is 0.320 e. The summed E-state index contributed by atoms with van der Waals surface area (Å²) in [4.78, 5) is 25.9. The third-order valence-corrected chi connectivity index (χ3v) is 7.17. The molecule has 0 atom stereocenters. The molecule has 1 fully saturated rings. The fourth-order valence-electron chi connectivity index (χ4n) is 4.40. The van der Waals surface area contributed by atoms with Gasteiger partial charge in [0.2, 0.25) is 0 Å². The summed E-state index contributed by atoms with van der Waals surface area (Å²) in [7, 11) is 0. The smallest absolute Gasteiger partial charge is 0.276 e. The number of amides is 1. The molecule has 0 bridgehead atoms. The number of hydrogen-bond donors (Lipinski definition) is 1. The number of likely N-dealkylation sites (tertiary alicyclic amines) is 1. The van der Waals surface area contributed by atoms with Gasteiger partial charge >= 0.3 is 0 Å². The number of nitrogens with one attached hydrogen (secondary N) is 1. The highest BCUT2D eigenvalue weighted by atomic mass is 32.1. The van der Waals surface area contributed by atoms with Crippen molar-refractivity contribution in [3.05, 3.63) is 90.4 Å². The summed E-state index contributed by atoms with van der Waals surface area (Å²) in [6.07, 6.45) is 6.28. The zero-order valence-electron chi connectivity index (χ0n) is 19.1. The number of pyridine rings is 1. The van der Waals surface area contributed by atoms with Gasteiger partial charge in [0, 0.05) is 24.5 Å². The van der Waals surface area contributed by atoms with Crippen LogP contribution < -0.4 is 5.32 Å². The van der Waals surface area contributed by atoms with E-state index in [-0.39, 0.29) is 5.91 Å². The van der Waals surface area contributed by atoms with Crippen molar-refractivity contribution >= 4 is 33.3 Å². The molecular formula is C27H24N6OS. The van der Waals surface area contributed by atoms with Crippen LogP contribution in [0.3, 0.4) is 0 Å². The Balaban J connectivity index is 1.24. The molecule has 174 valence electrons. The minimum atomic E-state index is -0.265. The summed E-state index contributed by atoms with van der Waals surface area (Å²) in [5.41, 5.74) is 4.89. The van der Waals surface area contributed by atoms with Crippen LogP contribution in [0, 0.1) is 0 Å². The molecule has 0 spiro atoms. The molecule has 4 heterocycles. The maximum atomic E-state index is 13.0. The molecule has 5 aromatic rings. The molecule has 0 radical (unpaired) electrons. The van der Waals surface area contributed by atoms with E-state index in [9.17, 15) is 4.79 Å². The van der Waals surface area contributed by atoms with Crippen LogP contribution in [0.15, 0.2) is 79.1 Å². The maximum absolute atomic E-state index is 13.0. The number of anilines is 1. The number of aromatic nitrogens is 4. The van der Waals surface area contributed by atoms with E-state index >= 15 is 0 Å². The van der Waals surface area contributed by atoms with Crippen molar-refractivity contribution < 1.29 is 4.79 Å². The Labute approximate surface area is 207 Å². The zero-order chi connectivity index (χ0) is 23.6. The fraction of sp³-hybridized carbons (Fsp3) is 0.185. The summed E-state index contributed by atoms with van der Waals surface area (Å²) in [5.74, 6) is -0.265. The molecular weight excluding hydrogens is 456 g/mol. The summed E-state index contributed by atoms with van der Waals surface area (Å²) in [6.45, 7) is 3.21. The van der Waals surface area contributed by atoms with Gasteiger partial charge in [-0.05, 0) is 67.9 Å². The van der Waals surface area contributed by atoms with E-state index in [0.717, 1.165) is 46.2 Å². The number of carbonyl (C=O) groups excluding carboxylic acids is 1. The number of fused-ring (bicyclic) bond motifs is 1. The van der Waals surface area contributed by atoms with Gasteiger partial charge in [-0.2, -0.15) is 5.10 Å². The van der Waals surface area contributed by atoms with Crippen LogP contribution >= 0.6 is 11.3 Å². The normalized spacial score (nSPS) is 13.9. The molecule has 1 aliphatic rings. The number of nitrogens with zero attached hydrogens (tertiary/aromatic N) is 5. The number of carbonyl (C=O) groups is 1. The van der Waals surface area contributed by atoms with Crippen LogP contribution in [-0.4, -0.2) is 43.6 Å². The highest BCUT2D eigenvalue weighted by Crippen LogP contribution is 2.34. The van der Waals surface area contributed by atoms with Crippen molar-refractivity contribution in [1.82, 2.24) is 24.6 Å². The molecule has 35 heavy (non-hydrogen) atoms. The molecule has 6 rings (SSSR count). The van der Waals surface area contributed by atoms with Crippen LogP contribution in [0.2, 0.25) is 0 Å². The highest BCUT2D eigenvalue weighted by molar-refractivity contribution is 7.21. The minimum Gasteiger partial charge on any atom is -0.320 e. The molecule has 1 aliphatic heterocycles. The Kier molecular flexibility index (Phi) is 5.81. The third kappa shape index (κ3) is 4.58. The number of rotatable bonds is 6. The lowest BCUT2D eigenvalue weighted by atomic mass is 10.2. The zero-order valence-corrected chi connectivity index (χ0v) is 19.9. The van der Waals surface area contributed by atoms with E-state index in [1.807, 2.05) is 60.8 Å². The minimum absolute atomic E-state index is 0.265. The first kappa shape index (κ1) is 21.6. The fourth-order valence-corrected chi connectivity index (χ4v) is 5.33. The van der Waals surface area contributed by atoms with Crippen LogP contribution in [-0.2, 0) is 6.54 Å². The summed E-state index contributed by atoms with van der Waals surface area (Å²) in [5, 5.41) is 8.29. The van der Waals surface area contributed by atoms with Crippen LogP contribution in [0.5, 0.6) is 0 Å². The van der Waals surface area contributed by atoms with Crippen LogP contribution in [0.25, 0.3) is 26.6 Å². The average Bonchev–Trinajstić information content (AvgIpc) is 3.66. The van der Waals surface area contributed by atoms with E-state index in [4.69, 9.17) is 4.98 Å². The SMILES string of the molecule is O=C(Nc1ccccc1-c1nc2cc(CN3CCCC3)cnc2s1)c1ccn(-c2ccccc2)n1. The monoisotopic (exact) mass is 480 g/mol. The standard InChI is InChI=1S/C27H24N6OS/c34-25(23-12-15-33(31-23)20-8-2-1-3-9-20)29-22-11-5-4-10-21(22)26-30-24-16-19(17-28-27(24)35-26)18-32-13-6-7-14-32/h1-5,8-12,15-17H,6-7,13-14,18H2,(H,29,34). The first-order valence-corrected chi connectivity index (χ1v) is 12.5. The van der Waals surface area contributed by atoms with E-state index in [1.54, 1.807) is 16.9 Å². The number of benzene rings is 2. The van der Waals surface area contributed by atoms with Crippen molar-refractivity contribution in [2.45, 2.75) is 19.4 Å². The van der Waals surface area contributed by atoms with Gasteiger partial charge in [-0.1, -0.05) is 41.7 Å². The lowest BCUT2D eigenvalue weighted by Gasteiger charge is -2.13. The molecule has 0 saturated carbocycles. The number of thiazole rings is 1. The van der Waals surface area contributed by atoms with Gasteiger partial charge in [0.15, 0.2) is 5.69 Å². The van der Waals surface area contributed by atoms with Crippen LogP contribution in [0.4, 0.5) is 5.69 Å². The maximum Gasteiger partial charge on any atom is 0.276 e. The molecule has 1 saturated heterocycles. The second-order valence-corrected chi connectivity index (χ2v) is 9.63. The second-order valence-electron chi connectivity index (χ2n) is 8.65. The average molecular weight is 481 g/mol. The number of para-hydroxylation sites is 2. The lowest BCUT2D eigenvalue weighted by molar-refractivity contribution is 0.102. The second kappa shape index (κ2) is 9.40. The molecule has 3 aromatic heterocycles. The predicted octanol–water partition coefficient (Wildman–Crippen LogP) is 5.39. The van der Waals surface area contributed by atoms with Crippen molar-refractivity contribution in [3.8, 4) is 16.3 Å². The van der Waals surface area contributed by atoms with E-state index in [2.05, 4.69) is 26.4 Å². The Morgan fingerprint density at radius 1 is 1.00 bits per heavy atom. The Hall–Kier alpha value is -3.88. The van der Waals surface area contributed by atoms with Gasteiger partial charge in [-0.3, -0.25) is 9.69 Å². The Morgan fingerprint density at radius 3 is 2.66 bits per heavy atom. The molecule has 0 unspecified atom stereocenters. The van der Waals surface area contributed by atoms with Crippen LogP contribution in [0.1, 0.15) is 28.9 Å².